The molecule has 1 nitrogen and oxygen atoms in total. The van der Waals surface area contributed by atoms with E-state index in [0.717, 1.165) is 18.2 Å². The zero-order valence-corrected chi connectivity index (χ0v) is 14.1. The van der Waals surface area contributed by atoms with E-state index in [-0.39, 0.29) is 0 Å². The van der Waals surface area contributed by atoms with Gasteiger partial charge in [-0.15, -0.1) is 0 Å². The lowest BCUT2D eigenvalue weighted by atomic mass is 9.90. The van der Waals surface area contributed by atoms with Crippen LogP contribution in [0.5, 0.6) is 0 Å². The molecule has 29 heavy (non-hydrogen) atoms. The van der Waals surface area contributed by atoms with Gasteiger partial charge in [-0.3, -0.25) is 0 Å². The first-order valence-corrected chi connectivity index (χ1v) is 7.41. The molecule has 0 heterocycles. The summed E-state index contributed by atoms with van der Waals surface area (Å²) in [6.45, 7) is 0. The van der Waals surface area contributed by atoms with Crippen LogP contribution >= 0.6 is 11.6 Å². The first-order chi connectivity index (χ1) is 12.6. The van der Waals surface area contributed by atoms with Gasteiger partial charge in [0.15, 0.2) is 0 Å². The summed E-state index contributed by atoms with van der Waals surface area (Å²) in [5.41, 5.74) is -0.750. The van der Waals surface area contributed by atoms with Gasteiger partial charge in [-0.25, -0.2) is 0 Å². The molecular formula is C14H8ClF13O. The predicted molar refractivity (Wildman–Crippen MR) is 71.8 cm³/mol. The number of alkyl halides is 13. The summed E-state index contributed by atoms with van der Waals surface area (Å²) in [7, 11) is 0. The van der Waals surface area contributed by atoms with Crippen molar-refractivity contribution in [3.8, 4) is 0 Å². The molecule has 0 amide bonds. The number of aliphatic hydroxyl groups is 1. The Labute approximate surface area is 158 Å². The summed E-state index contributed by atoms with van der Waals surface area (Å²) in [4.78, 5) is 0. The topological polar surface area (TPSA) is 20.2 Å². The molecule has 0 aliphatic heterocycles. The Morgan fingerprint density at radius 2 is 1.10 bits per heavy atom. The molecule has 15 heteroatoms. The lowest BCUT2D eigenvalue weighted by Gasteiger charge is -2.40. The third-order valence-electron chi connectivity index (χ3n) is 3.71. The van der Waals surface area contributed by atoms with E-state index in [1.165, 1.54) is 6.07 Å². The van der Waals surface area contributed by atoms with Crippen molar-refractivity contribution in [3.05, 3.63) is 34.9 Å². The highest BCUT2D eigenvalue weighted by molar-refractivity contribution is 6.31. The highest BCUT2D eigenvalue weighted by Crippen LogP contribution is 2.61. The quantitative estimate of drug-likeness (QED) is 0.447. The summed E-state index contributed by atoms with van der Waals surface area (Å²) < 4.78 is 169. The second kappa shape index (κ2) is 7.36. The van der Waals surface area contributed by atoms with E-state index in [1.54, 1.807) is 0 Å². The highest BCUT2D eigenvalue weighted by Gasteiger charge is 2.90. The second-order valence-corrected chi connectivity index (χ2v) is 6.15. The van der Waals surface area contributed by atoms with Gasteiger partial charge in [-0.1, -0.05) is 29.8 Å². The molecule has 1 N–H and O–H groups in total. The van der Waals surface area contributed by atoms with Crippen LogP contribution in [0.25, 0.3) is 0 Å². The third-order valence-corrected chi connectivity index (χ3v) is 4.06. The average molecular weight is 475 g/mol. The first-order valence-electron chi connectivity index (χ1n) is 7.03. The van der Waals surface area contributed by atoms with E-state index in [9.17, 15) is 62.2 Å². The fourth-order valence-electron chi connectivity index (χ4n) is 2.03. The number of aliphatic hydroxyl groups excluding tert-OH is 1. The molecule has 0 saturated carbocycles. The molecule has 0 aliphatic carbocycles. The number of hydrogen-bond acceptors (Lipinski definition) is 1. The second-order valence-electron chi connectivity index (χ2n) is 5.74. The van der Waals surface area contributed by atoms with E-state index < -0.39 is 58.9 Å². The largest absolute Gasteiger partial charge is 0.460 e. The molecule has 1 unspecified atom stereocenters. The lowest BCUT2D eigenvalue weighted by Crippen LogP contribution is -2.70. The fourth-order valence-corrected chi connectivity index (χ4v) is 2.29. The van der Waals surface area contributed by atoms with Gasteiger partial charge in [-0.05, 0) is 11.6 Å². The summed E-state index contributed by atoms with van der Waals surface area (Å²) in [5, 5.41) is 8.96. The minimum Gasteiger partial charge on any atom is -0.388 e. The highest BCUT2D eigenvalue weighted by atomic mass is 35.5. The number of halogens is 14. The van der Waals surface area contributed by atoms with Gasteiger partial charge in [0.2, 0.25) is 0 Å². The fraction of sp³-hybridized carbons (Fsp3) is 0.571. The molecule has 0 spiro atoms. The molecule has 0 aromatic heterocycles. The first kappa shape index (κ1) is 25.6. The molecule has 0 radical (unpaired) electrons. The molecule has 1 atom stereocenters. The summed E-state index contributed by atoms with van der Waals surface area (Å²) in [5.74, 6) is -37.5. The maximum atomic E-state index is 13.7. The number of benzene rings is 1. The molecule has 1 rings (SSSR count). The van der Waals surface area contributed by atoms with E-state index in [4.69, 9.17) is 11.6 Å². The Hall–Kier alpha value is -1.44. The van der Waals surface area contributed by atoms with Crippen molar-refractivity contribution in [2.24, 2.45) is 0 Å². The standard InChI is InChI=1S/C14H8ClF13O/c15-7-4-2-1-3-6(7)8(29)5-9(16,17)10(18,19)11(20,21)12(22,23)13(24,25)14(26,27)28/h1-4,8,29H,5H2. The van der Waals surface area contributed by atoms with Crippen molar-refractivity contribution < 1.29 is 62.2 Å². The monoisotopic (exact) mass is 474 g/mol. The zero-order chi connectivity index (χ0) is 23.3. The van der Waals surface area contributed by atoms with Crippen LogP contribution < -0.4 is 0 Å². The summed E-state index contributed by atoms with van der Waals surface area (Å²) in [6, 6.07) is 3.88. The Morgan fingerprint density at radius 1 is 0.690 bits per heavy atom. The van der Waals surface area contributed by atoms with Crippen LogP contribution in [-0.4, -0.2) is 40.9 Å². The Morgan fingerprint density at radius 3 is 1.52 bits per heavy atom. The average Bonchev–Trinajstić information content (AvgIpc) is 2.52. The Balaban J connectivity index is 3.37. The van der Waals surface area contributed by atoms with Gasteiger partial charge in [0, 0.05) is 11.4 Å². The zero-order valence-electron chi connectivity index (χ0n) is 13.3. The number of hydrogen-bond donors (Lipinski definition) is 1. The molecular weight excluding hydrogens is 467 g/mol. The van der Waals surface area contributed by atoms with Gasteiger partial charge in [-0.2, -0.15) is 57.1 Å². The van der Waals surface area contributed by atoms with Crippen LogP contribution in [0.15, 0.2) is 24.3 Å². The molecule has 0 aliphatic rings. The SMILES string of the molecule is OC(CC(F)(F)C(F)(F)C(F)(F)C(F)(F)C(F)(F)C(F)(F)F)c1ccccc1Cl. The van der Waals surface area contributed by atoms with E-state index in [1.807, 2.05) is 0 Å². The number of rotatable bonds is 7. The smallest absolute Gasteiger partial charge is 0.388 e. The predicted octanol–water partition coefficient (Wildman–Crippen LogP) is 6.50. The van der Waals surface area contributed by atoms with Gasteiger partial charge in [0.1, 0.15) is 0 Å². The van der Waals surface area contributed by atoms with Crippen LogP contribution in [-0.2, 0) is 0 Å². The van der Waals surface area contributed by atoms with Crippen molar-refractivity contribution in [2.45, 2.75) is 48.3 Å². The molecule has 168 valence electrons. The van der Waals surface area contributed by atoms with E-state index in [0.29, 0.717) is 0 Å². The van der Waals surface area contributed by atoms with Gasteiger partial charge < -0.3 is 5.11 Å². The maximum absolute atomic E-state index is 13.7. The van der Waals surface area contributed by atoms with E-state index >= 15 is 0 Å². The minimum atomic E-state index is -7.97. The van der Waals surface area contributed by atoms with Crippen LogP contribution in [0.1, 0.15) is 18.1 Å². The molecule has 1 aromatic rings. The lowest BCUT2D eigenvalue weighted by molar-refractivity contribution is -0.440. The van der Waals surface area contributed by atoms with Crippen molar-refractivity contribution in [1.82, 2.24) is 0 Å². The van der Waals surface area contributed by atoms with Crippen molar-refractivity contribution in [2.75, 3.05) is 0 Å². The summed E-state index contributed by atoms with van der Waals surface area (Å²) >= 11 is 5.45. The van der Waals surface area contributed by atoms with Crippen molar-refractivity contribution in [1.29, 1.82) is 0 Å². The molecule has 0 bridgehead atoms. The maximum Gasteiger partial charge on any atom is 0.460 e. The normalized spacial score (nSPS) is 16.1. The van der Waals surface area contributed by atoms with Gasteiger partial charge in [0.25, 0.3) is 0 Å². The molecule has 1 aromatic carbocycles. The van der Waals surface area contributed by atoms with Crippen LogP contribution in [0.2, 0.25) is 5.02 Å². The summed E-state index contributed by atoms with van der Waals surface area (Å²) in [6.07, 6.45) is -13.0. The van der Waals surface area contributed by atoms with Crippen LogP contribution in [0.4, 0.5) is 57.1 Å². The Kier molecular flexibility index (Phi) is 6.49. The Bertz CT molecular complexity index is 728. The van der Waals surface area contributed by atoms with Crippen LogP contribution in [0, 0.1) is 0 Å². The third kappa shape index (κ3) is 3.97. The molecule has 0 fully saturated rings. The van der Waals surface area contributed by atoms with Gasteiger partial charge in [0.05, 0.1) is 6.10 Å². The van der Waals surface area contributed by atoms with Crippen molar-refractivity contribution >= 4 is 11.6 Å². The van der Waals surface area contributed by atoms with Crippen molar-refractivity contribution in [3.63, 3.8) is 0 Å². The van der Waals surface area contributed by atoms with E-state index in [2.05, 4.69) is 0 Å². The minimum absolute atomic E-state index is 0.542. The molecule has 0 saturated heterocycles. The van der Waals surface area contributed by atoms with Gasteiger partial charge >= 0.3 is 35.8 Å². The van der Waals surface area contributed by atoms with Crippen LogP contribution in [0.3, 0.4) is 0 Å².